The van der Waals surface area contributed by atoms with Crippen LogP contribution in [-0.2, 0) is 11.3 Å². The highest BCUT2D eigenvalue weighted by molar-refractivity contribution is 5.79. The van der Waals surface area contributed by atoms with Crippen LogP contribution in [0.15, 0.2) is 18.2 Å². The normalized spacial score (nSPS) is 24.7. The fourth-order valence-corrected chi connectivity index (χ4v) is 3.41. The zero-order valence-electron chi connectivity index (χ0n) is 13.4. The molecule has 0 unspecified atom stereocenters. The third-order valence-corrected chi connectivity index (χ3v) is 4.78. The van der Waals surface area contributed by atoms with Crippen molar-refractivity contribution in [3.8, 4) is 0 Å². The first-order chi connectivity index (χ1) is 11.1. The SMILES string of the molecule is N[C@@H]1CC[C@H](C(=O)NCc2ccc(N3CCNCC3)c(F)c2)C1. The maximum absolute atomic E-state index is 14.3. The summed E-state index contributed by atoms with van der Waals surface area (Å²) in [6.07, 6.45) is 2.51. The monoisotopic (exact) mass is 320 g/mol. The highest BCUT2D eigenvalue weighted by Crippen LogP contribution is 2.24. The van der Waals surface area contributed by atoms with Crippen molar-refractivity contribution in [3.05, 3.63) is 29.6 Å². The van der Waals surface area contributed by atoms with Crippen LogP contribution in [0.2, 0.25) is 0 Å². The molecule has 1 aromatic rings. The second kappa shape index (κ2) is 7.27. The Balaban J connectivity index is 1.56. The number of carbonyl (C=O) groups excluding carboxylic acids is 1. The molecule has 2 atom stereocenters. The largest absolute Gasteiger partial charge is 0.367 e. The minimum absolute atomic E-state index is 0.00923. The van der Waals surface area contributed by atoms with Crippen LogP contribution in [0.3, 0.4) is 0 Å². The van der Waals surface area contributed by atoms with Gasteiger partial charge in [-0.1, -0.05) is 6.07 Å². The van der Waals surface area contributed by atoms with E-state index in [1.165, 1.54) is 6.07 Å². The molecule has 3 rings (SSSR count). The van der Waals surface area contributed by atoms with Crippen molar-refractivity contribution in [3.63, 3.8) is 0 Å². The van der Waals surface area contributed by atoms with E-state index in [-0.39, 0.29) is 23.7 Å². The number of amides is 1. The van der Waals surface area contributed by atoms with Crippen molar-refractivity contribution in [1.29, 1.82) is 0 Å². The van der Waals surface area contributed by atoms with Gasteiger partial charge in [0, 0.05) is 44.7 Å². The van der Waals surface area contributed by atoms with Crippen LogP contribution in [-0.4, -0.2) is 38.1 Å². The molecule has 1 aliphatic heterocycles. The number of piperazine rings is 1. The lowest BCUT2D eigenvalue weighted by Gasteiger charge is -2.29. The molecule has 4 N–H and O–H groups in total. The average molecular weight is 320 g/mol. The molecule has 1 aliphatic carbocycles. The van der Waals surface area contributed by atoms with Crippen molar-refractivity contribution >= 4 is 11.6 Å². The van der Waals surface area contributed by atoms with Gasteiger partial charge in [-0.25, -0.2) is 4.39 Å². The molecule has 1 aromatic carbocycles. The van der Waals surface area contributed by atoms with Crippen molar-refractivity contribution in [2.75, 3.05) is 31.1 Å². The van der Waals surface area contributed by atoms with Crippen molar-refractivity contribution in [2.45, 2.75) is 31.8 Å². The molecule has 1 saturated heterocycles. The average Bonchev–Trinajstić information content (AvgIpc) is 3.00. The number of carbonyl (C=O) groups is 1. The van der Waals surface area contributed by atoms with Gasteiger partial charge in [0.05, 0.1) is 5.69 Å². The summed E-state index contributed by atoms with van der Waals surface area (Å²) in [4.78, 5) is 14.1. The van der Waals surface area contributed by atoms with Crippen LogP contribution in [0.1, 0.15) is 24.8 Å². The molecule has 2 fully saturated rings. The highest BCUT2D eigenvalue weighted by atomic mass is 19.1. The maximum atomic E-state index is 14.3. The molecule has 1 heterocycles. The summed E-state index contributed by atoms with van der Waals surface area (Å²) in [6, 6.07) is 5.37. The Morgan fingerprint density at radius 2 is 2.13 bits per heavy atom. The van der Waals surface area contributed by atoms with Gasteiger partial charge in [0.2, 0.25) is 5.91 Å². The molecule has 2 aliphatic rings. The molecule has 5 nitrogen and oxygen atoms in total. The van der Waals surface area contributed by atoms with Gasteiger partial charge in [-0.3, -0.25) is 4.79 Å². The van der Waals surface area contributed by atoms with Gasteiger partial charge in [0.25, 0.3) is 0 Å². The van der Waals surface area contributed by atoms with Gasteiger partial charge in [-0.2, -0.15) is 0 Å². The van der Waals surface area contributed by atoms with Crippen LogP contribution in [0.5, 0.6) is 0 Å². The number of nitrogens with one attached hydrogen (secondary N) is 2. The second-order valence-electron chi connectivity index (χ2n) is 6.51. The smallest absolute Gasteiger partial charge is 0.223 e. The van der Waals surface area contributed by atoms with E-state index in [1.807, 2.05) is 17.0 Å². The third kappa shape index (κ3) is 4.00. The predicted molar refractivity (Wildman–Crippen MR) is 88.6 cm³/mol. The van der Waals surface area contributed by atoms with E-state index in [2.05, 4.69) is 10.6 Å². The summed E-state index contributed by atoms with van der Waals surface area (Å²) in [6.45, 7) is 3.74. The predicted octanol–water partition coefficient (Wildman–Crippen LogP) is 0.979. The number of nitrogens with zero attached hydrogens (tertiary/aromatic N) is 1. The zero-order valence-corrected chi connectivity index (χ0v) is 13.4. The first-order valence-corrected chi connectivity index (χ1v) is 8.41. The maximum Gasteiger partial charge on any atom is 0.223 e. The molecule has 23 heavy (non-hydrogen) atoms. The molecule has 0 bridgehead atoms. The Labute approximate surface area is 136 Å². The zero-order chi connectivity index (χ0) is 16.2. The molecular formula is C17H25FN4O. The van der Waals surface area contributed by atoms with E-state index in [0.717, 1.165) is 51.0 Å². The molecule has 6 heteroatoms. The molecule has 0 spiro atoms. The van der Waals surface area contributed by atoms with E-state index < -0.39 is 0 Å². The molecule has 126 valence electrons. The number of hydrogen-bond acceptors (Lipinski definition) is 4. The van der Waals surface area contributed by atoms with Crippen LogP contribution in [0.25, 0.3) is 0 Å². The molecule has 1 saturated carbocycles. The minimum atomic E-state index is -0.221. The lowest BCUT2D eigenvalue weighted by atomic mass is 10.1. The van der Waals surface area contributed by atoms with E-state index in [9.17, 15) is 9.18 Å². The van der Waals surface area contributed by atoms with Gasteiger partial charge >= 0.3 is 0 Å². The van der Waals surface area contributed by atoms with Crippen LogP contribution < -0.4 is 21.3 Å². The summed E-state index contributed by atoms with van der Waals surface area (Å²) in [5.74, 6) is -0.180. The third-order valence-electron chi connectivity index (χ3n) is 4.78. The van der Waals surface area contributed by atoms with E-state index >= 15 is 0 Å². The topological polar surface area (TPSA) is 70.4 Å². The minimum Gasteiger partial charge on any atom is -0.367 e. The number of halogens is 1. The summed E-state index contributed by atoms with van der Waals surface area (Å²) in [7, 11) is 0. The Bertz CT molecular complexity index is 560. The van der Waals surface area contributed by atoms with Crippen LogP contribution in [0, 0.1) is 11.7 Å². The van der Waals surface area contributed by atoms with Gasteiger partial charge in [0.1, 0.15) is 5.82 Å². The van der Waals surface area contributed by atoms with Crippen molar-refractivity contribution < 1.29 is 9.18 Å². The van der Waals surface area contributed by atoms with Crippen molar-refractivity contribution in [1.82, 2.24) is 10.6 Å². The first kappa shape index (κ1) is 16.2. The Morgan fingerprint density at radius 3 is 2.78 bits per heavy atom. The fourth-order valence-electron chi connectivity index (χ4n) is 3.41. The van der Waals surface area contributed by atoms with Gasteiger partial charge in [0.15, 0.2) is 0 Å². The second-order valence-corrected chi connectivity index (χ2v) is 6.51. The summed E-state index contributed by atoms with van der Waals surface area (Å²) in [5, 5.41) is 6.16. The number of hydrogen-bond donors (Lipinski definition) is 3. The summed E-state index contributed by atoms with van der Waals surface area (Å²) >= 11 is 0. The Hall–Kier alpha value is -1.66. The summed E-state index contributed by atoms with van der Waals surface area (Å²) < 4.78 is 14.3. The van der Waals surface area contributed by atoms with Gasteiger partial charge in [-0.15, -0.1) is 0 Å². The molecule has 1 amide bonds. The van der Waals surface area contributed by atoms with E-state index in [1.54, 1.807) is 0 Å². The van der Waals surface area contributed by atoms with Gasteiger partial charge in [-0.05, 0) is 37.0 Å². The lowest BCUT2D eigenvalue weighted by molar-refractivity contribution is -0.125. The Kier molecular flexibility index (Phi) is 5.13. The quantitative estimate of drug-likeness (QED) is 0.773. The lowest BCUT2D eigenvalue weighted by Crippen LogP contribution is -2.43. The van der Waals surface area contributed by atoms with Gasteiger partial charge < -0.3 is 21.3 Å². The number of benzene rings is 1. The highest BCUT2D eigenvalue weighted by Gasteiger charge is 2.27. The molecule has 0 radical (unpaired) electrons. The first-order valence-electron chi connectivity index (χ1n) is 8.41. The van der Waals surface area contributed by atoms with Crippen LogP contribution >= 0.6 is 0 Å². The number of rotatable bonds is 4. The van der Waals surface area contributed by atoms with Crippen LogP contribution in [0.4, 0.5) is 10.1 Å². The molecule has 0 aromatic heterocycles. The number of anilines is 1. The molecular weight excluding hydrogens is 295 g/mol. The number of nitrogens with two attached hydrogens (primary N) is 1. The van der Waals surface area contributed by atoms with E-state index in [4.69, 9.17) is 5.73 Å². The summed E-state index contributed by atoms with van der Waals surface area (Å²) in [5.41, 5.74) is 7.27. The standard InChI is InChI=1S/C17H25FN4O/c18-15-9-12(1-4-16(15)22-7-5-20-6-8-22)11-21-17(23)13-2-3-14(19)10-13/h1,4,9,13-14,20H,2-3,5-8,10-11,19H2,(H,21,23)/t13-,14+/m0/s1. The van der Waals surface area contributed by atoms with E-state index in [0.29, 0.717) is 12.2 Å². The Morgan fingerprint density at radius 1 is 1.35 bits per heavy atom. The van der Waals surface area contributed by atoms with Crippen molar-refractivity contribution in [2.24, 2.45) is 11.7 Å². The fraction of sp³-hybridized carbons (Fsp3) is 0.588.